The molecule has 2 heterocycles. The molecule has 3 N–H and O–H groups in total. The zero-order chi connectivity index (χ0) is 21.0. The minimum atomic E-state index is -0.570. The lowest BCUT2D eigenvalue weighted by Crippen LogP contribution is -2.36. The van der Waals surface area contributed by atoms with Gasteiger partial charge in [-0.05, 0) is 36.2 Å². The zero-order valence-corrected chi connectivity index (χ0v) is 17.1. The van der Waals surface area contributed by atoms with Crippen molar-refractivity contribution < 1.29 is 19.1 Å². The molecule has 0 saturated heterocycles. The molecule has 29 heavy (non-hydrogen) atoms. The third-order valence-electron chi connectivity index (χ3n) is 4.41. The molecule has 0 saturated carbocycles. The summed E-state index contributed by atoms with van der Waals surface area (Å²) in [5, 5.41) is 3.35. The number of carbonyl (C=O) groups excluding carboxylic acids is 3. The first kappa shape index (κ1) is 20.9. The van der Waals surface area contributed by atoms with Crippen molar-refractivity contribution in [3.05, 3.63) is 62.8 Å². The number of amides is 3. The maximum atomic E-state index is 12.5. The fourth-order valence-electron chi connectivity index (χ4n) is 3.13. The number of nitrogens with zero attached hydrogens (tertiary/aromatic N) is 1. The lowest BCUT2D eigenvalue weighted by atomic mass is 10.0. The van der Waals surface area contributed by atoms with Crippen LogP contribution in [-0.4, -0.2) is 36.0 Å². The van der Waals surface area contributed by atoms with Crippen LogP contribution in [-0.2, 0) is 28.9 Å². The summed E-state index contributed by atoms with van der Waals surface area (Å²) in [6.45, 7) is 4.38. The van der Waals surface area contributed by atoms with Gasteiger partial charge in [0.1, 0.15) is 6.61 Å². The average molecular weight is 434 g/mol. The Morgan fingerprint density at radius 2 is 2.03 bits per heavy atom. The van der Waals surface area contributed by atoms with Crippen LogP contribution < -0.4 is 11.1 Å². The molecule has 152 valence electrons. The van der Waals surface area contributed by atoms with E-state index in [0.717, 1.165) is 10.4 Å². The second kappa shape index (κ2) is 9.11. The first-order valence-electron chi connectivity index (χ1n) is 8.90. The monoisotopic (exact) mass is 433 g/mol. The molecule has 1 aromatic heterocycles. The highest BCUT2D eigenvalue weighted by molar-refractivity contribution is 7.12. The predicted octanol–water partition coefficient (Wildman–Crippen LogP) is 3.36. The number of rotatable bonds is 6. The van der Waals surface area contributed by atoms with Gasteiger partial charge in [0.25, 0.3) is 0 Å². The largest absolute Gasteiger partial charge is 0.445 e. The van der Waals surface area contributed by atoms with Gasteiger partial charge in [0.15, 0.2) is 0 Å². The summed E-state index contributed by atoms with van der Waals surface area (Å²) in [5.41, 5.74) is 7.40. The van der Waals surface area contributed by atoms with Gasteiger partial charge >= 0.3 is 6.09 Å². The molecule has 1 aliphatic heterocycles. The molecule has 0 bridgehead atoms. The van der Waals surface area contributed by atoms with Crippen LogP contribution in [0, 0.1) is 0 Å². The van der Waals surface area contributed by atoms with E-state index in [-0.39, 0.29) is 18.9 Å². The van der Waals surface area contributed by atoms with E-state index in [4.69, 9.17) is 22.1 Å². The smallest absolute Gasteiger partial charge is 0.410 e. The average Bonchev–Trinajstić information content (AvgIpc) is 3.04. The van der Waals surface area contributed by atoms with Crippen LogP contribution in [0.5, 0.6) is 0 Å². The third-order valence-corrected chi connectivity index (χ3v) is 5.88. The second-order valence-electron chi connectivity index (χ2n) is 6.44. The Hall–Kier alpha value is -2.84. The molecule has 9 heteroatoms. The molecule has 3 amide bonds. The molecule has 0 unspecified atom stereocenters. The minimum absolute atomic E-state index is 0.0134. The highest BCUT2D eigenvalue weighted by Gasteiger charge is 2.29. The van der Waals surface area contributed by atoms with Crippen molar-refractivity contribution in [3.8, 4) is 0 Å². The summed E-state index contributed by atoms with van der Waals surface area (Å²) in [7, 11) is 0. The van der Waals surface area contributed by atoms with Crippen molar-refractivity contribution in [1.82, 2.24) is 4.90 Å². The lowest BCUT2D eigenvalue weighted by molar-refractivity contribution is -0.115. The van der Waals surface area contributed by atoms with Gasteiger partial charge in [-0.15, -0.1) is 11.3 Å². The third kappa shape index (κ3) is 4.96. The van der Waals surface area contributed by atoms with Crippen LogP contribution in [0.15, 0.2) is 36.9 Å². The van der Waals surface area contributed by atoms with E-state index in [9.17, 15) is 14.4 Å². The summed E-state index contributed by atoms with van der Waals surface area (Å²) in [6.07, 6.45) is 1.55. The standard InChI is InChI=1S/C20H20ClN3O4S/c1-2-9-28-20(27)24-8-7-14-16(11-24)29-15(18(14)19(22)26)10-17(25)23-13-5-3-12(21)4-6-13/h2-6H,1,7-11H2,(H2,22,26)(H,23,25). The SMILES string of the molecule is C=CCOC(=O)N1CCc2c(sc(CC(=O)Nc3ccc(Cl)cc3)c2C(N)=O)C1. The topological polar surface area (TPSA) is 102 Å². The number of hydrogen-bond donors (Lipinski definition) is 2. The molecular weight excluding hydrogens is 414 g/mol. The van der Waals surface area contributed by atoms with E-state index in [0.29, 0.717) is 40.7 Å². The first-order chi connectivity index (χ1) is 13.9. The number of benzene rings is 1. The summed E-state index contributed by atoms with van der Waals surface area (Å²) in [4.78, 5) is 39.6. The van der Waals surface area contributed by atoms with Gasteiger partial charge in [-0.2, -0.15) is 0 Å². The van der Waals surface area contributed by atoms with E-state index < -0.39 is 12.0 Å². The number of halogens is 1. The molecule has 0 fully saturated rings. The van der Waals surface area contributed by atoms with Crippen molar-refractivity contribution >= 4 is 46.5 Å². The number of nitrogens with two attached hydrogens (primary N) is 1. The molecule has 0 radical (unpaired) electrons. The van der Waals surface area contributed by atoms with Gasteiger partial charge in [-0.25, -0.2) is 4.79 Å². The van der Waals surface area contributed by atoms with Crippen molar-refractivity contribution in [2.75, 3.05) is 18.5 Å². The molecular formula is C20H20ClN3O4S. The van der Waals surface area contributed by atoms with Gasteiger partial charge < -0.3 is 20.7 Å². The highest BCUT2D eigenvalue weighted by Crippen LogP contribution is 2.34. The number of nitrogens with one attached hydrogen (secondary N) is 1. The Morgan fingerprint density at radius 3 is 2.69 bits per heavy atom. The Bertz CT molecular complexity index is 955. The summed E-state index contributed by atoms with van der Waals surface area (Å²) < 4.78 is 5.08. The van der Waals surface area contributed by atoms with Crippen LogP contribution in [0.1, 0.15) is 25.7 Å². The number of hydrogen-bond acceptors (Lipinski definition) is 5. The molecule has 2 aromatic rings. The Balaban J connectivity index is 1.76. The normalized spacial score (nSPS) is 12.8. The van der Waals surface area contributed by atoms with Crippen LogP contribution in [0.3, 0.4) is 0 Å². The fourth-order valence-corrected chi connectivity index (χ4v) is 4.63. The second-order valence-corrected chi connectivity index (χ2v) is 8.06. The van der Waals surface area contributed by atoms with E-state index >= 15 is 0 Å². The van der Waals surface area contributed by atoms with Crippen LogP contribution in [0.25, 0.3) is 0 Å². The van der Waals surface area contributed by atoms with Crippen LogP contribution in [0.2, 0.25) is 5.02 Å². The number of thiophene rings is 1. The van der Waals surface area contributed by atoms with Gasteiger partial charge in [0.2, 0.25) is 11.8 Å². The molecule has 3 rings (SSSR count). The number of carbonyl (C=O) groups is 3. The van der Waals surface area contributed by atoms with Crippen molar-refractivity contribution in [2.45, 2.75) is 19.4 Å². The number of ether oxygens (including phenoxy) is 1. The number of fused-ring (bicyclic) bond motifs is 1. The van der Waals surface area contributed by atoms with E-state index in [1.54, 1.807) is 29.2 Å². The Kier molecular flexibility index (Phi) is 6.56. The van der Waals surface area contributed by atoms with Crippen molar-refractivity contribution in [1.29, 1.82) is 0 Å². The summed E-state index contributed by atoms with van der Waals surface area (Å²) in [6, 6.07) is 6.74. The van der Waals surface area contributed by atoms with Crippen molar-refractivity contribution in [3.63, 3.8) is 0 Å². The number of primary amides is 1. The fraction of sp³-hybridized carbons (Fsp3) is 0.250. The maximum absolute atomic E-state index is 12.5. The molecule has 0 spiro atoms. The molecule has 1 aliphatic rings. The van der Waals surface area contributed by atoms with E-state index in [1.165, 1.54) is 17.4 Å². The zero-order valence-electron chi connectivity index (χ0n) is 15.6. The van der Waals surface area contributed by atoms with E-state index in [1.807, 2.05) is 0 Å². The number of anilines is 1. The molecule has 7 nitrogen and oxygen atoms in total. The minimum Gasteiger partial charge on any atom is -0.445 e. The lowest BCUT2D eigenvalue weighted by Gasteiger charge is -2.26. The summed E-state index contributed by atoms with van der Waals surface area (Å²) >= 11 is 7.17. The first-order valence-corrected chi connectivity index (χ1v) is 10.1. The summed E-state index contributed by atoms with van der Waals surface area (Å²) in [5.74, 6) is -0.838. The van der Waals surface area contributed by atoms with Gasteiger partial charge in [0.05, 0.1) is 18.5 Å². The van der Waals surface area contributed by atoms with Crippen LogP contribution >= 0.6 is 22.9 Å². The highest BCUT2D eigenvalue weighted by atomic mass is 35.5. The molecule has 1 aromatic carbocycles. The molecule has 0 atom stereocenters. The molecule has 0 aliphatic carbocycles. The predicted molar refractivity (Wildman–Crippen MR) is 112 cm³/mol. The Labute approximate surface area is 177 Å². The van der Waals surface area contributed by atoms with Crippen molar-refractivity contribution in [2.24, 2.45) is 5.73 Å². The maximum Gasteiger partial charge on any atom is 0.410 e. The van der Waals surface area contributed by atoms with Crippen LogP contribution in [0.4, 0.5) is 10.5 Å². The van der Waals surface area contributed by atoms with Gasteiger partial charge in [0, 0.05) is 27.0 Å². The van der Waals surface area contributed by atoms with E-state index in [2.05, 4.69) is 11.9 Å². The Morgan fingerprint density at radius 1 is 1.31 bits per heavy atom. The quantitative estimate of drug-likeness (QED) is 0.682. The van der Waals surface area contributed by atoms with Gasteiger partial charge in [-0.1, -0.05) is 24.3 Å². The van der Waals surface area contributed by atoms with Gasteiger partial charge in [-0.3, -0.25) is 9.59 Å².